The van der Waals surface area contributed by atoms with Crippen LogP contribution in [0.3, 0.4) is 0 Å². The van der Waals surface area contributed by atoms with Gasteiger partial charge in [0.2, 0.25) is 5.91 Å². The topological polar surface area (TPSA) is 70.2 Å². The first kappa shape index (κ1) is 17.8. The van der Waals surface area contributed by atoms with Crippen LogP contribution in [0.1, 0.15) is 36.5 Å². The molecule has 0 aromatic heterocycles. The van der Waals surface area contributed by atoms with Gasteiger partial charge in [0.25, 0.3) is 5.91 Å². The zero-order valence-corrected chi connectivity index (χ0v) is 14.2. The van der Waals surface area contributed by atoms with E-state index in [1.807, 2.05) is 6.92 Å². The monoisotopic (exact) mass is 337 g/mol. The van der Waals surface area contributed by atoms with Gasteiger partial charge < -0.3 is 16.0 Å². The molecule has 5 nitrogen and oxygen atoms in total. The first-order valence-corrected chi connectivity index (χ1v) is 8.04. The fourth-order valence-electron chi connectivity index (χ4n) is 3.39. The second-order valence-corrected chi connectivity index (χ2v) is 6.30. The number of carbonyl (C=O) groups is 2. The highest BCUT2D eigenvalue weighted by atomic mass is 35.5. The van der Waals surface area contributed by atoms with Crippen LogP contribution in [0, 0.1) is 11.3 Å². The minimum absolute atomic E-state index is 0. The zero-order chi connectivity index (χ0) is 15.6. The third-order valence-corrected chi connectivity index (χ3v) is 4.86. The molecular formula is C17H24ClN3O2. The normalized spacial score (nSPS) is 21.2. The molecule has 0 radical (unpaired) electrons. The maximum Gasteiger partial charge on any atom is 0.251 e. The fraction of sp³-hybridized carbons (Fsp3) is 0.529. The van der Waals surface area contributed by atoms with Gasteiger partial charge in [-0.15, -0.1) is 12.4 Å². The van der Waals surface area contributed by atoms with Gasteiger partial charge in [-0.1, -0.05) is 0 Å². The predicted molar refractivity (Wildman–Crippen MR) is 93.0 cm³/mol. The molecule has 2 amide bonds. The van der Waals surface area contributed by atoms with E-state index >= 15 is 0 Å². The summed E-state index contributed by atoms with van der Waals surface area (Å²) in [6.07, 6.45) is 3.21. The van der Waals surface area contributed by atoms with Crippen molar-refractivity contribution in [2.45, 2.75) is 26.2 Å². The third-order valence-electron chi connectivity index (χ3n) is 4.86. The number of anilines is 1. The van der Waals surface area contributed by atoms with Gasteiger partial charge in [0.05, 0.1) is 0 Å². The molecule has 1 aliphatic heterocycles. The van der Waals surface area contributed by atoms with Crippen LogP contribution in [-0.2, 0) is 4.79 Å². The lowest BCUT2D eigenvalue weighted by Crippen LogP contribution is -2.31. The van der Waals surface area contributed by atoms with E-state index in [1.54, 1.807) is 24.3 Å². The Morgan fingerprint density at radius 3 is 2.48 bits per heavy atom. The van der Waals surface area contributed by atoms with Gasteiger partial charge in [-0.2, -0.15) is 0 Å². The molecule has 1 aromatic rings. The number of hydrogen-bond donors (Lipinski definition) is 3. The molecule has 6 heteroatoms. The van der Waals surface area contributed by atoms with Gasteiger partial charge in [0.15, 0.2) is 0 Å². The number of nitrogens with one attached hydrogen (secondary N) is 3. The van der Waals surface area contributed by atoms with Crippen molar-refractivity contribution >= 4 is 29.9 Å². The Morgan fingerprint density at radius 2 is 1.87 bits per heavy atom. The van der Waals surface area contributed by atoms with Crippen molar-refractivity contribution in [2.24, 2.45) is 11.3 Å². The number of amides is 2. The van der Waals surface area contributed by atoms with Crippen LogP contribution in [0.5, 0.6) is 0 Å². The summed E-state index contributed by atoms with van der Waals surface area (Å²) < 4.78 is 0. The minimum atomic E-state index is -0.0868. The number of benzene rings is 1. The van der Waals surface area contributed by atoms with E-state index in [1.165, 1.54) is 0 Å². The molecule has 3 rings (SSSR count). The largest absolute Gasteiger partial charge is 0.352 e. The van der Waals surface area contributed by atoms with Gasteiger partial charge in [-0.05, 0) is 69.0 Å². The van der Waals surface area contributed by atoms with Gasteiger partial charge in [-0.3, -0.25) is 9.59 Å². The highest BCUT2D eigenvalue weighted by Crippen LogP contribution is 2.58. The molecule has 126 valence electrons. The quantitative estimate of drug-likeness (QED) is 0.788. The Labute approximate surface area is 143 Å². The molecule has 3 N–H and O–H groups in total. The number of carbonyl (C=O) groups excluding carboxylic acids is 2. The van der Waals surface area contributed by atoms with E-state index in [2.05, 4.69) is 16.0 Å². The molecule has 1 unspecified atom stereocenters. The van der Waals surface area contributed by atoms with E-state index < -0.39 is 0 Å². The van der Waals surface area contributed by atoms with E-state index in [0.717, 1.165) is 38.0 Å². The molecule has 23 heavy (non-hydrogen) atoms. The number of rotatable bonds is 4. The van der Waals surface area contributed by atoms with Crippen molar-refractivity contribution in [3.8, 4) is 0 Å². The van der Waals surface area contributed by atoms with Crippen molar-refractivity contribution in [3.05, 3.63) is 29.8 Å². The lowest BCUT2D eigenvalue weighted by molar-refractivity contribution is -0.118. The second-order valence-electron chi connectivity index (χ2n) is 6.30. The summed E-state index contributed by atoms with van der Waals surface area (Å²) >= 11 is 0. The summed E-state index contributed by atoms with van der Waals surface area (Å²) in [5.74, 6) is 0.182. The first-order valence-electron chi connectivity index (χ1n) is 8.04. The zero-order valence-electron chi connectivity index (χ0n) is 13.4. The highest BCUT2D eigenvalue weighted by molar-refractivity contribution is 5.97. The Bertz CT molecular complexity index is 568. The number of hydrogen-bond acceptors (Lipinski definition) is 3. The SMILES string of the molecule is CCNC(=O)c1ccc(NC(=O)C2CC23CCNCC3)cc1.Cl. The molecule has 1 atom stereocenters. The third kappa shape index (κ3) is 3.85. The van der Waals surface area contributed by atoms with Gasteiger partial charge >= 0.3 is 0 Å². The molecule has 1 aliphatic carbocycles. The molecule has 2 fully saturated rings. The molecule has 1 aromatic carbocycles. The Morgan fingerprint density at radius 1 is 1.22 bits per heavy atom. The van der Waals surface area contributed by atoms with Crippen molar-refractivity contribution in [3.63, 3.8) is 0 Å². The minimum Gasteiger partial charge on any atom is -0.352 e. The predicted octanol–water partition coefficient (Wildman–Crippen LogP) is 2.19. The molecule has 1 heterocycles. The second kappa shape index (κ2) is 7.32. The van der Waals surface area contributed by atoms with Gasteiger partial charge in [0.1, 0.15) is 0 Å². The van der Waals surface area contributed by atoms with Crippen molar-refractivity contribution in [1.29, 1.82) is 0 Å². The average Bonchev–Trinajstić information content (AvgIpc) is 3.22. The smallest absolute Gasteiger partial charge is 0.251 e. The summed E-state index contributed by atoms with van der Waals surface area (Å²) in [6, 6.07) is 7.07. The van der Waals surface area contributed by atoms with E-state index in [4.69, 9.17) is 0 Å². The first-order chi connectivity index (χ1) is 10.6. The van der Waals surface area contributed by atoms with Crippen LogP contribution in [0.2, 0.25) is 0 Å². The molecule has 2 aliphatic rings. The molecular weight excluding hydrogens is 314 g/mol. The maximum atomic E-state index is 12.4. The lowest BCUT2D eigenvalue weighted by atomic mass is 9.92. The molecule has 0 bridgehead atoms. The Hall–Kier alpha value is -1.59. The average molecular weight is 338 g/mol. The van der Waals surface area contributed by atoms with Crippen LogP contribution >= 0.6 is 12.4 Å². The Kier molecular flexibility index (Phi) is 5.65. The van der Waals surface area contributed by atoms with E-state index in [0.29, 0.717) is 12.1 Å². The summed E-state index contributed by atoms with van der Waals surface area (Å²) in [5.41, 5.74) is 1.62. The molecule has 1 saturated heterocycles. The summed E-state index contributed by atoms with van der Waals surface area (Å²) in [4.78, 5) is 24.1. The Balaban J connectivity index is 0.00000192. The highest BCUT2D eigenvalue weighted by Gasteiger charge is 2.57. The van der Waals surface area contributed by atoms with Crippen molar-refractivity contribution in [2.75, 3.05) is 25.0 Å². The van der Waals surface area contributed by atoms with Gasteiger partial charge in [-0.25, -0.2) is 0 Å². The molecule has 1 saturated carbocycles. The van der Waals surface area contributed by atoms with Crippen LogP contribution < -0.4 is 16.0 Å². The number of halogens is 1. The fourth-order valence-corrected chi connectivity index (χ4v) is 3.39. The van der Waals surface area contributed by atoms with Crippen LogP contribution in [0.4, 0.5) is 5.69 Å². The maximum absolute atomic E-state index is 12.4. The number of piperidine rings is 1. The summed E-state index contributed by atoms with van der Waals surface area (Å²) in [6.45, 7) is 4.53. The summed E-state index contributed by atoms with van der Waals surface area (Å²) in [5, 5.41) is 9.09. The standard InChI is InChI=1S/C17H23N3O2.ClH/c1-2-19-15(21)12-3-5-13(6-4-12)20-16(22)14-11-17(14)7-9-18-10-8-17;/h3-6,14,18H,2,7-11H2,1H3,(H,19,21)(H,20,22);1H. The van der Waals surface area contributed by atoms with Crippen LogP contribution in [0.15, 0.2) is 24.3 Å². The van der Waals surface area contributed by atoms with Crippen molar-refractivity contribution < 1.29 is 9.59 Å². The van der Waals surface area contributed by atoms with Crippen LogP contribution in [0.25, 0.3) is 0 Å². The summed E-state index contributed by atoms with van der Waals surface area (Å²) in [7, 11) is 0. The van der Waals surface area contributed by atoms with Gasteiger partial charge in [0, 0.05) is 23.7 Å². The lowest BCUT2D eigenvalue weighted by Gasteiger charge is -2.23. The van der Waals surface area contributed by atoms with E-state index in [9.17, 15) is 9.59 Å². The van der Waals surface area contributed by atoms with Crippen LogP contribution in [-0.4, -0.2) is 31.4 Å². The van der Waals surface area contributed by atoms with Crippen molar-refractivity contribution in [1.82, 2.24) is 10.6 Å². The van der Waals surface area contributed by atoms with E-state index in [-0.39, 0.29) is 35.6 Å². The molecule has 1 spiro atoms.